The van der Waals surface area contributed by atoms with E-state index in [1.54, 1.807) is 12.1 Å². The SMILES string of the molecule is CC(=O)OCC12C(OC(C)=O)CC(C)C3(CC(c4ccco4)OC3=O)C1(O)CCCC21CO1. The fraction of sp³-hybridized carbons (Fsp3) is 0.708. The molecule has 1 aromatic heterocycles. The molecule has 4 aliphatic rings. The second-order valence-corrected chi connectivity index (χ2v) is 10.1. The summed E-state index contributed by atoms with van der Waals surface area (Å²) in [5.74, 6) is -1.40. The molecule has 180 valence electrons. The van der Waals surface area contributed by atoms with Crippen LogP contribution in [0.5, 0.6) is 0 Å². The number of rotatable bonds is 4. The summed E-state index contributed by atoms with van der Waals surface area (Å²) in [4.78, 5) is 37.7. The van der Waals surface area contributed by atoms with Crippen LogP contribution in [0, 0.1) is 16.7 Å². The van der Waals surface area contributed by atoms with Crippen LogP contribution in [0.4, 0.5) is 0 Å². The molecule has 9 nitrogen and oxygen atoms in total. The van der Waals surface area contributed by atoms with Crippen molar-refractivity contribution >= 4 is 17.9 Å². The summed E-state index contributed by atoms with van der Waals surface area (Å²) >= 11 is 0. The number of esters is 3. The van der Waals surface area contributed by atoms with Gasteiger partial charge in [-0.25, -0.2) is 0 Å². The quantitative estimate of drug-likeness (QED) is 0.408. The van der Waals surface area contributed by atoms with E-state index < -0.39 is 52.1 Å². The first-order valence-corrected chi connectivity index (χ1v) is 11.5. The summed E-state index contributed by atoms with van der Waals surface area (Å²) in [6.45, 7) is 4.59. The van der Waals surface area contributed by atoms with Crippen LogP contribution < -0.4 is 0 Å². The van der Waals surface area contributed by atoms with E-state index in [1.807, 2.05) is 6.92 Å². The van der Waals surface area contributed by atoms with Crippen LogP contribution in [0.25, 0.3) is 0 Å². The Hall–Kier alpha value is -2.39. The number of hydrogen-bond donors (Lipinski definition) is 1. The van der Waals surface area contributed by atoms with E-state index in [-0.39, 0.29) is 25.4 Å². The van der Waals surface area contributed by atoms with Crippen molar-refractivity contribution in [3.8, 4) is 0 Å². The highest BCUT2D eigenvalue weighted by Crippen LogP contribution is 2.73. The second kappa shape index (κ2) is 7.30. The first-order chi connectivity index (χ1) is 15.6. The fourth-order valence-electron chi connectivity index (χ4n) is 7.19. The highest BCUT2D eigenvalue weighted by Gasteiger charge is 2.85. The van der Waals surface area contributed by atoms with Crippen molar-refractivity contribution in [3.05, 3.63) is 24.2 Å². The van der Waals surface area contributed by atoms with Crippen molar-refractivity contribution in [1.29, 1.82) is 0 Å². The van der Waals surface area contributed by atoms with Gasteiger partial charge in [-0.15, -0.1) is 0 Å². The van der Waals surface area contributed by atoms with Gasteiger partial charge in [0.2, 0.25) is 0 Å². The van der Waals surface area contributed by atoms with E-state index >= 15 is 0 Å². The van der Waals surface area contributed by atoms with E-state index in [4.69, 9.17) is 23.4 Å². The van der Waals surface area contributed by atoms with Gasteiger partial charge in [0.1, 0.15) is 34.9 Å². The summed E-state index contributed by atoms with van der Waals surface area (Å²) < 4.78 is 28.6. The molecule has 7 atom stereocenters. The monoisotopic (exact) mass is 462 g/mol. The summed E-state index contributed by atoms with van der Waals surface area (Å²) in [5.41, 5.74) is -5.16. The zero-order valence-corrected chi connectivity index (χ0v) is 19.1. The van der Waals surface area contributed by atoms with Crippen molar-refractivity contribution in [3.63, 3.8) is 0 Å². The molecule has 1 aromatic rings. The predicted molar refractivity (Wildman–Crippen MR) is 110 cm³/mol. The molecule has 0 radical (unpaired) electrons. The van der Waals surface area contributed by atoms with Gasteiger partial charge in [-0.1, -0.05) is 6.92 Å². The van der Waals surface area contributed by atoms with Gasteiger partial charge in [0.05, 0.1) is 18.5 Å². The van der Waals surface area contributed by atoms with Crippen molar-refractivity contribution in [2.45, 2.75) is 76.3 Å². The number of fused-ring (bicyclic) bond motifs is 3. The van der Waals surface area contributed by atoms with Crippen LogP contribution >= 0.6 is 0 Å². The molecule has 3 heterocycles. The average molecular weight is 462 g/mol. The number of carbonyl (C=O) groups excluding carboxylic acids is 3. The molecule has 5 rings (SSSR count). The third-order valence-electron chi connectivity index (χ3n) is 8.65. The Morgan fingerprint density at radius 3 is 2.61 bits per heavy atom. The third-order valence-corrected chi connectivity index (χ3v) is 8.65. The zero-order chi connectivity index (χ0) is 23.6. The van der Waals surface area contributed by atoms with Crippen LogP contribution in [0.15, 0.2) is 22.8 Å². The zero-order valence-electron chi connectivity index (χ0n) is 19.1. The Balaban J connectivity index is 1.68. The van der Waals surface area contributed by atoms with Crippen LogP contribution in [0.1, 0.15) is 64.7 Å². The largest absolute Gasteiger partial charge is 0.465 e. The Labute approximate surface area is 191 Å². The van der Waals surface area contributed by atoms with Gasteiger partial charge in [-0.3, -0.25) is 14.4 Å². The maximum atomic E-state index is 13.7. The van der Waals surface area contributed by atoms with E-state index in [0.717, 1.165) is 0 Å². The molecule has 2 aliphatic carbocycles. The molecule has 33 heavy (non-hydrogen) atoms. The topological polar surface area (TPSA) is 125 Å². The molecule has 9 heteroatoms. The number of aliphatic hydroxyl groups is 1. The molecule has 0 aromatic carbocycles. The van der Waals surface area contributed by atoms with Gasteiger partial charge < -0.3 is 28.5 Å². The number of furan rings is 1. The third kappa shape index (κ3) is 2.81. The first kappa shape index (κ1) is 22.4. The average Bonchev–Trinajstić information content (AvgIpc) is 3.16. The predicted octanol–water partition coefficient (Wildman–Crippen LogP) is 2.46. The number of hydrogen-bond acceptors (Lipinski definition) is 9. The molecular formula is C24H30O9. The lowest BCUT2D eigenvalue weighted by molar-refractivity contribution is -0.301. The molecule has 2 spiro atoms. The van der Waals surface area contributed by atoms with Crippen LogP contribution in [0.3, 0.4) is 0 Å². The van der Waals surface area contributed by atoms with E-state index in [2.05, 4.69) is 0 Å². The molecule has 2 aliphatic heterocycles. The van der Waals surface area contributed by atoms with Crippen molar-refractivity contribution < 1.29 is 42.9 Å². The lowest BCUT2D eigenvalue weighted by Crippen LogP contribution is -2.78. The van der Waals surface area contributed by atoms with E-state index in [0.29, 0.717) is 31.6 Å². The van der Waals surface area contributed by atoms with Gasteiger partial charge in [-0.2, -0.15) is 0 Å². The number of carbonyl (C=O) groups is 3. The van der Waals surface area contributed by atoms with Gasteiger partial charge in [0, 0.05) is 20.3 Å². The highest BCUT2D eigenvalue weighted by atomic mass is 16.6. The smallest absolute Gasteiger partial charge is 0.316 e. The first-order valence-electron chi connectivity index (χ1n) is 11.5. The molecular weight excluding hydrogens is 432 g/mol. The summed E-state index contributed by atoms with van der Waals surface area (Å²) in [5, 5.41) is 12.7. The van der Waals surface area contributed by atoms with Crippen LogP contribution in [-0.2, 0) is 33.3 Å². The van der Waals surface area contributed by atoms with Gasteiger partial charge >= 0.3 is 17.9 Å². The Bertz CT molecular complexity index is 967. The Morgan fingerprint density at radius 2 is 2.00 bits per heavy atom. The van der Waals surface area contributed by atoms with E-state index in [1.165, 1.54) is 20.1 Å². The molecule has 4 fully saturated rings. The van der Waals surface area contributed by atoms with E-state index in [9.17, 15) is 19.5 Å². The summed E-state index contributed by atoms with van der Waals surface area (Å²) in [7, 11) is 0. The van der Waals surface area contributed by atoms with Crippen molar-refractivity contribution in [1.82, 2.24) is 0 Å². The maximum absolute atomic E-state index is 13.7. The lowest BCUT2D eigenvalue weighted by atomic mass is 9.40. The lowest BCUT2D eigenvalue weighted by Gasteiger charge is -2.65. The Morgan fingerprint density at radius 1 is 1.24 bits per heavy atom. The number of cyclic esters (lactones) is 1. The second-order valence-electron chi connectivity index (χ2n) is 10.1. The standard InChI is InChI=1S/C24H30O9/c1-14-10-19(32-16(3)26)23(13-30-15(2)25)21(12-31-21)7-5-8-24(23,28)22(14)11-18(33-20(22)27)17-6-4-9-29-17/h4,6,9,14,18-19,28H,5,7-8,10-13H2,1-3H3. The van der Waals surface area contributed by atoms with Gasteiger partial charge in [-0.05, 0) is 43.7 Å². The summed E-state index contributed by atoms with van der Waals surface area (Å²) in [6, 6.07) is 3.47. The van der Waals surface area contributed by atoms with Crippen LogP contribution in [0.2, 0.25) is 0 Å². The fourth-order valence-corrected chi connectivity index (χ4v) is 7.19. The maximum Gasteiger partial charge on any atom is 0.316 e. The summed E-state index contributed by atoms with van der Waals surface area (Å²) in [6.07, 6.45) is 2.07. The normalized spacial score (nSPS) is 43.8. The number of epoxide rings is 1. The minimum absolute atomic E-state index is 0.210. The minimum atomic E-state index is -1.69. The molecule has 7 unspecified atom stereocenters. The van der Waals surface area contributed by atoms with Gasteiger partial charge in [0.15, 0.2) is 6.10 Å². The molecule has 2 saturated carbocycles. The van der Waals surface area contributed by atoms with Gasteiger partial charge in [0.25, 0.3) is 0 Å². The molecule has 1 N–H and O–H groups in total. The molecule has 0 amide bonds. The Kier molecular flexibility index (Phi) is 4.96. The van der Waals surface area contributed by atoms with Crippen molar-refractivity contribution in [2.24, 2.45) is 16.7 Å². The van der Waals surface area contributed by atoms with Crippen LogP contribution in [-0.4, -0.2) is 53.5 Å². The van der Waals surface area contributed by atoms with Crippen molar-refractivity contribution in [2.75, 3.05) is 13.2 Å². The number of ether oxygens (including phenoxy) is 4. The highest BCUT2D eigenvalue weighted by molar-refractivity contribution is 5.82. The molecule has 0 bridgehead atoms. The minimum Gasteiger partial charge on any atom is -0.465 e. The molecule has 2 saturated heterocycles.